The first-order valence-electron chi connectivity index (χ1n) is 4.80. The molecule has 0 spiro atoms. The number of hydrogen-bond acceptors (Lipinski definition) is 4. The third kappa shape index (κ3) is 2.10. The molecule has 4 heteroatoms. The van der Waals surface area contributed by atoms with E-state index in [9.17, 15) is 5.11 Å². The van der Waals surface area contributed by atoms with Crippen molar-refractivity contribution >= 4 is 5.71 Å². The van der Waals surface area contributed by atoms with Gasteiger partial charge in [-0.15, -0.1) is 0 Å². The Kier molecular flexibility index (Phi) is 2.60. The van der Waals surface area contributed by atoms with Crippen LogP contribution in [0.1, 0.15) is 12.5 Å². The first-order valence-corrected chi connectivity index (χ1v) is 4.80. The highest BCUT2D eigenvalue weighted by Crippen LogP contribution is 2.25. The minimum absolute atomic E-state index is 0.0836. The molecule has 1 aromatic rings. The van der Waals surface area contributed by atoms with Gasteiger partial charge in [-0.05, 0) is 19.1 Å². The predicted molar refractivity (Wildman–Crippen MR) is 55.8 cm³/mol. The van der Waals surface area contributed by atoms with Gasteiger partial charge in [0.15, 0.2) is 0 Å². The fraction of sp³-hybridized carbons (Fsp3) is 0.364. The molecule has 1 aromatic carbocycles. The third-order valence-corrected chi connectivity index (χ3v) is 2.28. The second-order valence-electron chi connectivity index (χ2n) is 3.58. The maximum Gasteiger partial charge on any atom is 0.145 e. The lowest BCUT2D eigenvalue weighted by Crippen LogP contribution is -2.38. The summed E-state index contributed by atoms with van der Waals surface area (Å²) in [5.41, 5.74) is 0.873. The standard InChI is InChI=1S/C11H13NO3/c1-7(12)10-3-2-8(4-11(10)13)15-9-5-14-6-9/h2-4,9,12-13H,5-6H2,1H3. The molecule has 0 atom stereocenters. The quantitative estimate of drug-likeness (QED) is 0.739. The largest absolute Gasteiger partial charge is 0.507 e. The van der Waals surface area contributed by atoms with Gasteiger partial charge >= 0.3 is 0 Å². The van der Waals surface area contributed by atoms with E-state index in [1.54, 1.807) is 19.1 Å². The number of rotatable bonds is 3. The normalized spacial score (nSPS) is 15.8. The Hall–Kier alpha value is -1.55. The van der Waals surface area contributed by atoms with E-state index in [-0.39, 0.29) is 11.9 Å². The molecule has 2 N–H and O–H groups in total. The average molecular weight is 207 g/mol. The summed E-state index contributed by atoms with van der Waals surface area (Å²) in [6.45, 7) is 2.84. The van der Waals surface area contributed by atoms with Crippen molar-refractivity contribution in [2.75, 3.05) is 13.2 Å². The summed E-state index contributed by atoms with van der Waals surface area (Å²) in [5.74, 6) is 0.700. The van der Waals surface area contributed by atoms with Gasteiger partial charge in [-0.2, -0.15) is 0 Å². The zero-order valence-corrected chi connectivity index (χ0v) is 8.49. The van der Waals surface area contributed by atoms with Gasteiger partial charge in [0.25, 0.3) is 0 Å². The summed E-state index contributed by atoms with van der Waals surface area (Å²) in [5, 5.41) is 17.0. The van der Waals surface area contributed by atoms with E-state index >= 15 is 0 Å². The fourth-order valence-corrected chi connectivity index (χ4v) is 1.38. The summed E-state index contributed by atoms with van der Waals surface area (Å²) >= 11 is 0. The zero-order chi connectivity index (χ0) is 10.8. The Morgan fingerprint density at radius 3 is 2.73 bits per heavy atom. The lowest BCUT2D eigenvalue weighted by molar-refractivity contribution is -0.0797. The van der Waals surface area contributed by atoms with Crippen molar-refractivity contribution in [2.45, 2.75) is 13.0 Å². The molecule has 1 saturated heterocycles. The number of hydrogen-bond donors (Lipinski definition) is 2. The first kappa shape index (κ1) is 9.98. The van der Waals surface area contributed by atoms with E-state index < -0.39 is 0 Å². The molecule has 0 bridgehead atoms. The lowest BCUT2D eigenvalue weighted by Gasteiger charge is -2.26. The molecule has 0 radical (unpaired) electrons. The number of aromatic hydroxyl groups is 1. The monoisotopic (exact) mass is 207 g/mol. The van der Waals surface area contributed by atoms with Crippen LogP contribution in [0.2, 0.25) is 0 Å². The van der Waals surface area contributed by atoms with E-state index in [1.165, 1.54) is 6.07 Å². The van der Waals surface area contributed by atoms with Gasteiger partial charge in [0.2, 0.25) is 0 Å². The molecule has 2 rings (SSSR count). The number of phenolic OH excluding ortho intramolecular Hbond substituents is 1. The molecule has 0 saturated carbocycles. The average Bonchev–Trinajstić information content (AvgIpc) is 2.11. The molecular weight excluding hydrogens is 194 g/mol. The van der Waals surface area contributed by atoms with Crippen LogP contribution in [0, 0.1) is 5.41 Å². The summed E-state index contributed by atoms with van der Waals surface area (Å²) < 4.78 is 10.5. The summed E-state index contributed by atoms with van der Waals surface area (Å²) in [4.78, 5) is 0. The second-order valence-corrected chi connectivity index (χ2v) is 3.58. The van der Waals surface area contributed by atoms with Crippen molar-refractivity contribution in [3.63, 3.8) is 0 Å². The highest BCUT2D eigenvalue weighted by molar-refractivity contribution is 5.98. The van der Waals surface area contributed by atoms with Crippen LogP contribution in [0.15, 0.2) is 18.2 Å². The highest BCUT2D eigenvalue weighted by Gasteiger charge is 2.20. The summed E-state index contributed by atoms with van der Waals surface area (Å²) in [7, 11) is 0. The molecular formula is C11H13NO3. The maximum atomic E-state index is 9.61. The molecule has 1 aliphatic rings. The number of nitrogens with one attached hydrogen (secondary N) is 1. The first-order chi connectivity index (χ1) is 7.16. The second kappa shape index (κ2) is 3.90. The van der Waals surface area contributed by atoms with Gasteiger partial charge in [0, 0.05) is 17.3 Å². The van der Waals surface area contributed by atoms with E-state index in [1.807, 2.05) is 0 Å². The molecule has 0 unspecified atom stereocenters. The molecule has 80 valence electrons. The zero-order valence-electron chi connectivity index (χ0n) is 8.49. The van der Waals surface area contributed by atoms with Gasteiger partial charge in [0.1, 0.15) is 17.6 Å². The van der Waals surface area contributed by atoms with E-state index in [0.29, 0.717) is 30.2 Å². The van der Waals surface area contributed by atoms with Gasteiger partial charge < -0.3 is 20.0 Å². The molecule has 1 aliphatic heterocycles. The maximum absolute atomic E-state index is 9.61. The van der Waals surface area contributed by atoms with Crippen molar-refractivity contribution in [1.82, 2.24) is 0 Å². The van der Waals surface area contributed by atoms with Crippen molar-refractivity contribution in [2.24, 2.45) is 0 Å². The van der Waals surface area contributed by atoms with Crippen LogP contribution in [-0.2, 0) is 4.74 Å². The summed E-state index contributed by atoms with van der Waals surface area (Å²) in [6.07, 6.45) is 0.0938. The molecule has 0 aliphatic carbocycles. The molecule has 15 heavy (non-hydrogen) atoms. The van der Waals surface area contributed by atoms with Crippen molar-refractivity contribution in [3.05, 3.63) is 23.8 Å². The Bertz CT molecular complexity index is 385. The van der Waals surface area contributed by atoms with Crippen molar-refractivity contribution < 1.29 is 14.6 Å². The molecule has 0 amide bonds. The van der Waals surface area contributed by atoms with E-state index in [0.717, 1.165) is 0 Å². The van der Waals surface area contributed by atoms with Crippen LogP contribution in [-0.4, -0.2) is 30.1 Å². The Morgan fingerprint density at radius 2 is 2.27 bits per heavy atom. The number of ether oxygens (including phenoxy) is 2. The van der Waals surface area contributed by atoms with Gasteiger partial charge in [-0.25, -0.2) is 0 Å². The highest BCUT2D eigenvalue weighted by atomic mass is 16.6. The van der Waals surface area contributed by atoms with E-state index in [4.69, 9.17) is 14.9 Å². The SMILES string of the molecule is CC(=N)c1ccc(OC2COC2)cc1O. The Labute approximate surface area is 88.0 Å². The summed E-state index contributed by atoms with van der Waals surface area (Å²) in [6, 6.07) is 4.98. The molecule has 1 fully saturated rings. The van der Waals surface area contributed by atoms with Crippen molar-refractivity contribution in [3.8, 4) is 11.5 Å². The van der Waals surface area contributed by atoms with Crippen LogP contribution in [0.25, 0.3) is 0 Å². The van der Waals surface area contributed by atoms with Crippen LogP contribution in [0.4, 0.5) is 0 Å². The molecule has 4 nitrogen and oxygen atoms in total. The predicted octanol–water partition coefficient (Wildman–Crippen LogP) is 1.56. The van der Waals surface area contributed by atoms with Crippen LogP contribution in [0.3, 0.4) is 0 Å². The van der Waals surface area contributed by atoms with Gasteiger partial charge in [-0.3, -0.25) is 0 Å². The number of benzene rings is 1. The Morgan fingerprint density at radius 1 is 1.53 bits per heavy atom. The lowest BCUT2D eigenvalue weighted by atomic mass is 10.1. The topological polar surface area (TPSA) is 62.5 Å². The smallest absolute Gasteiger partial charge is 0.145 e. The van der Waals surface area contributed by atoms with Crippen LogP contribution >= 0.6 is 0 Å². The van der Waals surface area contributed by atoms with E-state index in [2.05, 4.69) is 0 Å². The van der Waals surface area contributed by atoms with Crippen LogP contribution < -0.4 is 4.74 Å². The van der Waals surface area contributed by atoms with Gasteiger partial charge in [-0.1, -0.05) is 0 Å². The molecule has 1 heterocycles. The van der Waals surface area contributed by atoms with Crippen LogP contribution in [0.5, 0.6) is 11.5 Å². The minimum atomic E-state index is 0.0836. The Balaban J connectivity index is 2.13. The van der Waals surface area contributed by atoms with Crippen molar-refractivity contribution in [1.29, 1.82) is 5.41 Å². The fourth-order valence-electron chi connectivity index (χ4n) is 1.38. The molecule has 0 aromatic heterocycles. The third-order valence-electron chi connectivity index (χ3n) is 2.28. The minimum Gasteiger partial charge on any atom is -0.507 e. The van der Waals surface area contributed by atoms with Gasteiger partial charge in [0.05, 0.1) is 13.2 Å². The number of phenols is 1.